The van der Waals surface area contributed by atoms with E-state index in [1.54, 1.807) is 0 Å². The molecule has 0 fully saturated rings. The topological polar surface area (TPSA) is 0 Å². The van der Waals surface area contributed by atoms with Gasteiger partial charge in [0.2, 0.25) is 0 Å². The van der Waals surface area contributed by atoms with E-state index in [0.29, 0.717) is 0 Å². The first-order valence-electron chi connectivity index (χ1n) is 15.9. The van der Waals surface area contributed by atoms with E-state index in [2.05, 4.69) is 182 Å². The molecule has 0 atom stereocenters. The van der Waals surface area contributed by atoms with Crippen molar-refractivity contribution >= 4 is 43.1 Å². The van der Waals surface area contributed by atoms with Gasteiger partial charge >= 0.3 is 0 Å². The van der Waals surface area contributed by atoms with Crippen LogP contribution < -0.4 is 0 Å². The largest absolute Gasteiger partial charge is 0.0622 e. The van der Waals surface area contributed by atoms with Gasteiger partial charge in [0, 0.05) is 0 Å². The fourth-order valence-electron chi connectivity index (χ4n) is 7.44. The Kier molecular flexibility index (Phi) is 6.25. The van der Waals surface area contributed by atoms with Crippen LogP contribution in [0.2, 0.25) is 0 Å². The molecule has 0 radical (unpaired) electrons. The molecular formula is C46H30. The molecule has 0 nitrogen and oxygen atoms in total. The highest BCUT2D eigenvalue weighted by atomic mass is 14.2. The van der Waals surface area contributed by atoms with E-state index in [1.807, 2.05) is 0 Å². The summed E-state index contributed by atoms with van der Waals surface area (Å²) in [4.78, 5) is 0. The molecule has 0 N–H and O–H groups in total. The van der Waals surface area contributed by atoms with Crippen molar-refractivity contribution in [2.45, 2.75) is 0 Å². The van der Waals surface area contributed by atoms with Gasteiger partial charge < -0.3 is 0 Å². The summed E-state index contributed by atoms with van der Waals surface area (Å²) in [7, 11) is 0. The lowest BCUT2D eigenvalue weighted by Crippen LogP contribution is -1.94. The van der Waals surface area contributed by atoms with Crippen LogP contribution in [0.3, 0.4) is 0 Å². The zero-order valence-corrected chi connectivity index (χ0v) is 25.3. The van der Waals surface area contributed by atoms with Crippen LogP contribution in [-0.4, -0.2) is 0 Å². The number of hydrogen-bond acceptors (Lipinski definition) is 0. The zero-order valence-electron chi connectivity index (χ0n) is 25.3. The maximum atomic E-state index is 2.46. The van der Waals surface area contributed by atoms with Crippen molar-refractivity contribution in [2.24, 2.45) is 0 Å². The average molecular weight is 583 g/mol. The maximum Gasteiger partial charge on any atom is -0.00139 e. The van der Waals surface area contributed by atoms with Gasteiger partial charge in [-0.05, 0) is 106 Å². The van der Waals surface area contributed by atoms with Crippen LogP contribution >= 0.6 is 0 Å². The molecule has 9 rings (SSSR count). The molecular weight excluding hydrogens is 553 g/mol. The molecule has 0 amide bonds. The summed E-state index contributed by atoms with van der Waals surface area (Å²) in [5.74, 6) is 0. The Morgan fingerprint density at radius 3 is 1.26 bits per heavy atom. The van der Waals surface area contributed by atoms with Crippen molar-refractivity contribution < 1.29 is 0 Å². The second-order valence-electron chi connectivity index (χ2n) is 12.0. The zero-order chi connectivity index (χ0) is 30.5. The van der Waals surface area contributed by atoms with E-state index < -0.39 is 0 Å². The second kappa shape index (κ2) is 10.9. The summed E-state index contributed by atoms with van der Waals surface area (Å²) in [6, 6.07) is 66.5. The highest BCUT2D eigenvalue weighted by Gasteiger charge is 2.21. The summed E-state index contributed by atoms with van der Waals surface area (Å²) in [5.41, 5.74) is 10.0. The Hall–Kier alpha value is -5.98. The molecule has 0 saturated heterocycles. The first-order valence-corrected chi connectivity index (χ1v) is 15.9. The minimum Gasteiger partial charge on any atom is -0.0622 e. The van der Waals surface area contributed by atoms with Crippen LogP contribution in [0.5, 0.6) is 0 Å². The van der Waals surface area contributed by atoms with Gasteiger partial charge in [-0.3, -0.25) is 0 Å². The van der Waals surface area contributed by atoms with Gasteiger partial charge in [0.05, 0.1) is 0 Å². The minimum absolute atomic E-state index is 1.23. The summed E-state index contributed by atoms with van der Waals surface area (Å²) in [5, 5.41) is 10.1. The fourth-order valence-corrected chi connectivity index (χ4v) is 7.44. The van der Waals surface area contributed by atoms with Crippen molar-refractivity contribution in [1.82, 2.24) is 0 Å². The quantitative estimate of drug-likeness (QED) is 0.181. The van der Waals surface area contributed by atoms with Crippen LogP contribution in [-0.2, 0) is 0 Å². The predicted octanol–water partition coefficient (Wildman–Crippen LogP) is 13.0. The van der Waals surface area contributed by atoms with Gasteiger partial charge in [0.25, 0.3) is 0 Å². The normalized spacial score (nSPS) is 11.5. The Bertz CT molecular complexity index is 2530. The van der Waals surface area contributed by atoms with E-state index in [9.17, 15) is 0 Å². The Morgan fingerprint density at radius 2 is 0.674 bits per heavy atom. The molecule has 214 valence electrons. The van der Waals surface area contributed by atoms with E-state index in [0.717, 1.165) is 0 Å². The van der Waals surface area contributed by atoms with Crippen molar-refractivity contribution in [3.05, 3.63) is 182 Å². The molecule has 0 heterocycles. The van der Waals surface area contributed by atoms with Crippen LogP contribution in [0.15, 0.2) is 182 Å². The van der Waals surface area contributed by atoms with Gasteiger partial charge in [0.15, 0.2) is 0 Å². The van der Waals surface area contributed by atoms with Gasteiger partial charge in [-0.2, -0.15) is 0 Å². The Balaban J connectivity index is 1.56. The lowest BCUT2D eigenvalue weighted by molar-refractivity contribution is 1.64. The van der Waals surface area contributed by atoms with Crippen LogP contribution in [0.1, 0.15) is 0 Å². The molecule has 0 spiro atoms. The van der Waals surface area contributed by atoms with Crippen molar-refractivity contribution in [3.8, 4) is 44.5 Å². The van der Waals surface area contributed by atoms with E-state index in [-0.39, 0.29) is 0 Å². The summed E-state index contributed by atoms with van der Waals surface area (Å²) in [6.45, 7) is 0. The standard InChI is InChI=1S/C46H30/c1-5-16-31(17-6-1)38-27-15-25-36-29-40-41(43(45(36)38)33-20-9-3-10-21-33)30-37-28-35-24-13-14-26-39(35)42(32-18-7-2-8-19-32)46(37)44(40)34-22-11-4-12-23-34/h1-30H. The number of rotatable bonds is 4. The Morgan fingerprint density at radius 1 is 0.239 bits per heavy atom. The monoisotopic (exact) mass is 582 g/mol. The molecule has 0 aliphatic heterocycles. The Labute approximate surface area is 268 Å². The summed E-state index contributed by atoms with van der Waals surface area (Å²) in [6.07, 6.45) is 0. The highest BCUT2D eigenvalue weighted by molar-refractivity contribution is 6.28. The van der Waals surface area contributed by atoms with Gasteiger partial charge in [-0.25, -0.2) is 0 Å². The molecule has 0 aromatic heterocycles. The van der Waals surface area contributed by atoms with Crippen LogP contribution in [0.4, 0.5) is 0 Å². The first-order chi connectivity index (χ1) is 22.8. The van der Waals surface area contributed by atoms with Crippen molar-refractivity contribution in [3.63, 3.8) is 0 Å². The molecule has 0 heteroatoms. The predicted molar refractivity (Wildman–Crippen MR) is 198 cm³/mol. The third kappa shape index (κ3) is 4.23. The van der Waals surface area contributed by atoms with Gasteiger partial charge in [-0.1, -0.05) is 164 Å². The maximum absolute atomic E-state index is 2.46. The summed E-state index contributed by atoms with van der Waals surface area (Å²) < 4.78 is 0. The van der Waals surface area contributed by atoms with E-state index in [1.165, 1.54) is 87.6 Å². The molecule has 0 bridgehead atoms. The molecule has 9 aromatic carbocycles. The number of hydrogen-bond donors (Lipinski definition) is 0. The molecule has 0 saturated carbocycles. The van der Waals surface area contributed by atoms with Gasteiger partial charge in [0.1, 0.15) is 0 Å². The third-order valence-electron chi connectivity index (χ3n) is 9.38. The number of fused-ring (bicyclic) bond motifs is 4. The molecule has 0 aliphatic rings. The highest BCUT2D eigenvalue weighted by Crippen LogP contribution is 2.49. The molecule has 9 aromatic rings. The molecule has 0 unspecified atom stereocenters. The minimum atomic E-state index is 1.23. The van der Waals surface area contributed by atoms with Crippen molar-refractivity contribution in [1.29, 1.82) is 0 Å². The fraction of sp³-hybridized carbons (Fsp3) is 0. The lowest BCUT2D eigenvalue weighted by Gasteiger charge is -2.22. The smallest absolute Gasteiger partial charge is 0.00139 e. The number of benzene rings is 9. The summed E-state index contributed by atoms with van der Waals surface area (Å²) >= 11 is 0. The van der Waals surface area contributed by atoms with E-state index in [4.69, 9.17) is 0 Å². The van der Waals surface area contributed by atoms with E-state index >= 15 is 0 Å². The molecule has 46 heavy (non-hydrogen) atoms. The SMILES string of the molecule is c1ccc(-c2cccc3cc4c(-c5ccccc5)c5c(-c6ccccc6)c6ccccc6cc5cc4c(-c4ccccc4)c23)cc1. The first kappa shape index (κ1) is 26.4. The lowest BCUT2D eigenvalue weighted by atomic mass is 9.81. The second-order valence-corrected chi connectivity index (χ2v) is 12.0. The third-order valence-corrected chi connectivity index (χ3v) is 9.38. The van der Waals surface area contributed by atoms with Gasteiger partial charge in [-0.15, -0.1) is 0 Å². The van der Waals surface area contributed by atoms with Crippen molar-refractivity contribution in [2.75, 3.05) is 0 Å². The van der Waals surface area contributed by atoms with Crippen LogP contribution in [0, 0.1) is 0 Å². The van der Waals surface area contributed by atoms with Crippen LogP contribution in [0.25, 0.3) is 87.6 Å². The molecule has 0 aliphatic carbocycles. The average Bonchev–Trinajstić information content (AvgIpc) is 3.13.